The standard InChI is InChI=1S/4C12H15NO5S.2Rh/c4*1-18-9-4-6-10(7-5-9)19(16,17)13-8-2-3-11(13)12(14)15;;/h4*4-7,11H,2-3,8H2,1H3,(H,14,15);;/q;;;;2*+2/p-4/t4*11-;;/m0000../s1. The van der Waals surface area contributed by atoms with Crippen molar-refractivity contribution in [1.29, 1.82) is 0 Å². The molecule has 0 aliphatic carbocycles. The molecular formula is C48H56N4O20Rh2S4. The normalized spacial score (nSPS) is 19.8. The number of carboxylic acids is 4. The summed E-state index contributed by atoms with van der Waals surface area (Å²) in [7, 11) is -9.27. The third-order valence-corrected chi connectivity index (χ3v) is 20.3. The van der Waals surface area contributed by atoms with Crippen molar-refractivity contribution in [3.63, 3.8) is 0 Å². The Morgan fingerprint density at radius 2 is 0.500 bits per heavy atom. The Labute approximate surface area is 478 Å². The maximum absolute atomic E-state index is 12.3. The summed E-state index contributed by atoms with van der Waals surface area (Å²) in [6, 6.07) is 19.1. The summed E-state index contributed by atoms with van der Waals surface area (Å²) in [5, 5.41) is 43.8. The van der Waals surface area contributed by atoms with Crippen LogP contribution in [0.5, 0.6) is 23.0 Å². The maximum atomic E-state index is 12.3. The van der Waals surface area contributed by atoms with Gasteiger partial charge in [-0.05, 0) is 148 Å². The quantitative estimate of drug-likeness (QED) is 0.114. The predicted octanol–water partition coefficient (Wildman–Crippen LogP) is -1.61. The molecule has 4 aliphatic heterocycles. The molecule has 8 rings (SSSR count). The first-order valence-corrected chi connectivity index (χ1v) is 29.1. The van der Waals surface area contributed by atoms with Crippen molar-refractivity contribution >= 4 is 64.0 Å². The molecule has 78 heavy (non-hydrogen) atoms. The van der Waals surface area contributed by atoms with Crippen molar-refractivity contribution in [2.24, 2.45) is 0 Å². The molecule has 24 nitrogen and oxygen atoms in total. The third kappa shape index (κ3) is 16.0. The Hall–Kier alpha value is -5.15. The van der Waals surface area contributed by atoms with Crippen molar-refractivity contribution in [3.8, 4) is 23.0 Å². The molecule has 30 heteroatoms. The summed E-state index contributed by atoms with van der Waals surface area (Å²) < 4.78 is 123. The molecule has 0 unspecified atom stereocenters. The number of aliphatic carboxylic acids is 4. The van der Waals surface area contributed by atoms with Crippen LogP contribution in [0, 0.1) is 0 Å². The van der Waals surface area contributed by atoms with Crippen molar-refractivity contribution in [3.05, 3.63) is 97.1 Å². The second-order valence-corrected chi connectivity index (χ2v) is 24.6. The number of ether oxygens (including phenoxy) is 4. The minimum absolute atomic E-state index is 0. The molecule has 0 N–H and O–H groups in total. The van der Waals surface area contributed by atoms with Crippen LogP contribution in [0.15, 0.2) is 117 Å². The van der Waals surface area contributed by atoms with E-state index in [9.17, 15) is 73.3 Å². The molecule has 4 fully saturated rings. The maximum Gasteiger partial charge on any atom is 2.00 e. The van der Waals surface area contributed by atoms with Crippen LogP contribution in [0.2, 0.25) is 0 Å². The Bertz CT molecular complexity index is 2700. The van der Waals surface area contributed by atoms with Crippen LogP contribution >= 0.6 is 0 Å². The van der Waals surface area contributed by atoms with Crippen molar-refractivity contribution in [2.75, 3.05) is 54.6 Å². The van der Waals surface area contributed by atoms with Gasteiger partial charge in [-0.1, -0.05) is 0 Å². The van der Waals surface area contributed by atoms with E-state index < -0.39 is 88.1 Å². The van der Waals surface area contributed by atoms with Gasteiger partial charge in [-0.2, -0.15) is 17.2 Å². The molecule has 4 heterocycles. The molecule has 4 aliphatic rings. The van der Waals surface area contributed by atoms with E-state index in [0.29, 0.717) is 48.7 Å². The SMILES string of the molecule is COc1ccc(S(=O)(=O)N2CCC[C@H]2C(=O)[O-])cc1.COc1ccc(S(=O)(=O)N2CCC[C@H]2C(=O)[O-])cc1.COc1ccc(S(=O)(=O)N2CCC[C@H]2C(=O)[O-])cc1.COc1ccc(S(=O)(=O)N2CCC[C@H]2C(=O)[O-])cc1.[Rh+2].[Rh+2]. The molecule has 4 saturated heterocycles. The van der Waals surface area contributed by atoms with E-state index >= 15 is 0 Å². The number of benzene rings is 4. The van der Waals surface area contributed by atoms with E-state index in [4.69, 9.17) is 18.9 Å². The molecule has 2 radical (unpaired) electrons. The number of carbonyl (C=O) groups excluding carboxylic acids is 4. The number of hydrogen-bond donors (Lipinski definition) is 0. The average molecular weight is 1340 g/mol. The topological polar surface area (TPSA) is 347 Å². The molecule has 0 bridgehead atoms. The summed E-state index contributed by atoms with van der Waals surface area (Å²) >= 11 is 0. The summed E-state index contributed by atoms with van der Waals surface area (Å²) in [6.45, 7) is 0.806. The van der Waals surface area contributed by atoms with Gasteiger partial charge in [0.15, 0.2) is 0 Å². The zero-order valence-corrected chi connectivity index (χ0v) is 48.8. The second kappa shape index (κ2) is 29.3. The molecule has 430 valence electrons. The number of sulfonamides is 4. The smallest absolute Gasteiger partial charge is 0.548 e. The van der Waals surface area contributed by atoms with Gasteiger partial charge in [0.2, 0.25) is 40.1 Å². The van der Waals surface area contributed by atoms with Gasteiger partial charge in [-0.15, -0.1) is 0 Å². The Morgan fingerprint density at radius 1 is 0.346 bits per heavy atom. The fourth-order valence-corrected chi connectivity index (χ4v) is 15.2. The van der Waals surface area contributed by atoms with E-state index in [1.165, 1.54) is 126 Å². The van der Waals surface area contributed by atoms with E-state index in [1.807, 2.05) is 0 Å². The molecule has 4 aromatic carbocycles. The molecule has 4 atom stereocenters. The van der Waals surface area contributed by atoms with E-state index in [2.05, 4.69) is 0 Å². The zero-order valence-electron chi connectivity index (χ0n) is 42.3. The fraction of sp³-hybridized carbons (Fsp3) is 0.417. The van der Waals surface area contributed by atoms with Crippen LogP contribution in [0.25, 0.3) is 0 Å². The van der Waals surface area contributed by atoms with Crippen LogP contribution in [0.3, 0.4) is 0 Å². The largest absolute Gasteiger partial charge is 2.00 e. The minimum atomic E-state index is -3.80. The first-order chi connectivity index (χ1) is 35.9. The molecule has 0 aromatic heterocycles. The zero-order chi connectivity index (χ0) is 56.2. The van der Waals surface area contributed by atoms with Crippen LogP contribution in [0.1, 0.15) is 51.4 Å². The molecule has 4 aromatic rings. The van der Waals surface area contributed by atoms with Crippen LogP contribution in [-0.2, 0) is 98.2 Å². The van der Waals surface area contributed by atoms with Gasteiger partial charge < -0.3 is 58.6 Å². The average Bonchev–Trinajstić information content (AvgIpc) is 4.30. The van der Waals surface area contributed by atoms with E-state index in [1.54, 1.807) is 0 Å². The minimum Gasteiger partial charge on any atom is -0.548 e. The van der Waals surface area contributed by atoms with Gasteiger partial charge in [0.1, 0.15) is 23.0 Å². The van der Waals surface area contributed by atoms with Crippen molar-refractivity contribution < 1.29 is 131 Å². The first-order valence-electron chi connectivity index (χ1n) is 23.3. The Morgan fingerprint density at radius 3 is 0.628 bits per heavy atom. The second-order valence-electron chi connectivity index (χ2n) is 17.1. The van der Waals surface area contributed by atoms with Gasteiger partial charge in [0.25, 0.3) is 0 Å². The van der Waals surface area contributed by atoms with Gasteiger partial charge in [0, 0.05) is 26.2 Å². The number of rotatable bonds is 16. The van der Waals surface area contributed by atoms with Crippen LogP contribution in [0.4, 0.5) is 0 Å². The monoisotopic (exact) mass is 1340 g/mol. The molecule has 0 amide bonds. The summed E-state index contributed by atoms with van der Waals surface area (Å²) in [4.78, 5) is 44.0. The summed E-state index contributed by atoms with van der Waals surface area (Å²) in [6.07, 6.45) is 3.25. The summed E-state index contributed by atoms with van der Waals surface area (Å²) in [5.74, 6) is -3.25. The number of methoxy groups -OCH3 is 4. The van der Waals surface area contributed by atoms with Gasteiger partial charge in [0.05, 0.1) is 96.1 Å². The van der Waals surface area contributed by atoms with Gasteiger partial charge >= 0.3 is 39.0 Å². The van der Waals surface area contributed by atoms with Crippen LogP contribution in [-0.4, -0.2) is 154 Å². The Balaban J connectivity index is 0.000000271. The molecule has 0 spiro atoms. The van der Waals surface area contributed by atoms with E-state index in [-0.39, 0.29) is 110 Å². The predicted molar refractivity (Wildman–Crippen MR) is 260 cm³/mol. The number of carbonyl (C=O) groups is 4. The molecule has 0 saturated carbocycles. The van der Waals surface area contributed by atoms with Crippen molar-refractivity contribution in [2.45, 2.75) is 95.1 Å². The number of nitrogens with zero attached hydrogens (tertiary/aromatic N) is 4. The third-order valence-electron chi connectivity index (χ3n) is 12.6. The number of hydrogen-bond acceptors (Lipinski definition) is 20. The summed E-state index contributed by atoms with van der Waals surface area (Å²) in [5.41, 5.74) is 0. The van der Waals surface area contributed by atoms with E-state index in [0.717, 1.165) is 17.2 Å². The van der Waals surface area contributed by atoms with Gasteiger partial charge in [-0.3, -0.25) is 0 Å². The number of carboxylic acid groups (broad SMARTS) is 4. The van der Waals surface area contributed by atoms with Crippen molar-refractivity contribution in [1.82, 2.24) is 17.2 Å². The fourth-order valence-electron chi connectivity index (χ4n) is 8.59. The first kappa shape index (κ1) is 67.1. The van der Waals surface area contributed by atoms with Crippen LogP contribution < -0.4 is 39.4 Å². The Kier molecular flexibility index (Phi) is 25.3. The van der Waals surface area contributed by atoms with Gasteiger partial charge in [-0.25, -0.2) is 33.7 Å². The molecular weight excluding hydrogens is 1290 g/mol.